The van der Waals surface area contributed by atoms with E-state index >= 15 is 0 Å². The summed E-state index contributed by atoms with van der Waals surface area (Å²) in [5, 5.41) is 18.3. The van der Waals surface area contributed by atoms with Crippen LogP contribution in [0.3, 0.4) is 0 Å². The second-order valence-electron chi connectivity index (χ2n) is 6.72. The Labute approximate surface area is 151 Å². The number of nitrogens with zero attached hydrogens (tertiary/aromatic N) is 4. The maximum atomic E-state index is 12.2. The number of piperidine rings is 1. The molecule has 1 aromatic rings. The number of ether oxygens (including phenoxy) is 1. The van der Waals surface area contributed by atoms with Crippen LogP contribution < -0.4 is 0 Å². The van der Waals surface area contributed by atoms with Crippen molar-refractivity contribution in [2.75, 3.05) is 13.1 Å². The highest BCUT2D eigenvalue weighted by molar-refractivity contribution is 8.00. The highest BCUT2D eigenvalue weighted by Gasteiger charge is 2.29. The van der Waals surface area contributed by atoms with E-state index in [0.29, 0.717) is 29.2 Å². The molecule has 0 bridgehead atoms. The number of rotatable bonds is 2. The Bertz CT molecular complexity index is 669. The predicted octanol–water partition coefficient (Wildman–Crippen LogP) is 3.80. The van der Waals surface area contributed by atoms with Crippen molar-refractivity contribution in [1.82, 2.24) is 15.1 Å². The zero-order valence-electron chi connectivity index (χ0n) is 14.3. The summed E-state index contributed by atoms with van der Waals surface area (Å²) < 4.78 is 5.44. The van der Waals surface area contributed by atoms with Crippen LogP contribution in [0.15, 0.2) is 5.03 Å². The van der Waals surface area contributed by atoms with E-state index in [1.807, 2.05) is 20.8 Å². The van der Waals surface area contributed by atoms with Gasteiger partial charge in [-0.25, -0.2) is 4.79 Å². The molecule has 0 unspecified atom stereocenters. The summed E-state index contributed by atoms with van der Waals surface area (Å²) in [7, 11) is 0. The maximum absolute atomic E-state index is 12.2. The van der Waals surface area contributed by atoms with Gasteiger partial charge >= 0.3 is 6.09 Å². The molecule has 1 aromatic heterocycles. The van der Waals surface area contributed by atoms with E-state index in [1.54, 1.807) is 11.8 Å². The smallest absolute Gasteiger partial charge is 0.410 e. The standard InChI is InChI=1S/C16H21ClN4O2S/c1-10-12(8-18)14(20-19-13(10)17)24-11-6-5-7-21(9-11)15(22)23-16(2,3)4/h11H,5-7,9H2,1-4H3/t11-/m1/s1. The van der Waals surface area contributed by atoms with Crippen LogP contribution in [0.5, 0.6) is 0 Å². The monoisotopic (exact) mass is 368 g/mol. The Hall–Kier alpha value is -1.52. The zero-order valence-corrected chi connectivity index (χ0v) is 15.9. The second-order valence-corrected chi connectivity index (χ2v) is 8.36. The zero-order chi connectivity index (χ0) is 17.9. The fraction of sp³-hybridized carbons (Fsp3) is 0.625. The molecule has 6 nitrogen and oxygen atoms in total. The Kier molecular flexibility index (Phi) is 5.94. The number of halogens is 1. The largest absolute Gasteiger partial charge is 0.444 e. The summed E-state index contributed by atoms with van der Waals surface area (Å²) in [6.07, 6.45) is 1.53. The van der Waals surface area contributed by atoms with Crippen molar-refractivity contribution in [3.8, 4) is 6.07 Å². The van der Waals surface area contributed by atoms with Gasteiger partial charge in [-0.05, 0) is 40.5 Å². The van der Waals surface area contributed by atoms with Crippen LogP contribution in [0, 0.1) is 18.3 Å². The van der Waals surface area contributed by atoms with Crippen LogP contribution in [0.4, 0.5) is 4.79 Å². The van der Waals surface area contributed by atoms with E-state index in [0.717, 1.165) is 12.8 Å². The lowest BCUT2D eigenvalue weighted by molar-refractivity contribution is 0.0220. The number of likely N-dealkylation sites (tertiary alicyclic amines) is 1. The number of nitriles is 1. The van der Waals surface area contributed by atoms with Crippen molar-refractivity contribution in [2.24, 2.45) is 0 Å². The number of hydrogen-bond donors (Lipinski definition) is 0. The molecule has 1 aliphatic rings. The van der Waals surface area contributed by atoms with Crippen molar-refractivity contribution < 1.29 is 9.53 Å². The molecule has 24 heavy (non-hydrogen) atoms. The number of aromatic nitrogens is 2. The molecule has 1 amide bonds. The van der Waals surface area contributed by atoms with E-state index in [2.05, 4.69) is 16.3 Å². The minimum Gasteiger partial charge on any atom is -0.444 e. The SMILES string of the molecule is Cc1c(Cl)nnc(S[C@@H]2CCCN(C(=O)OC(C)(C)C)C2)c1C#N. The molecule has 0 aliphatic carbocycles. The van der Waals surface area contributed by atoms with Crippen molar-refractivity contribution in [2.45, 2.75) is 56.4 Å². The Morgan fingerprint density at radius 2 is 2.17 bits per heavy atom. The average Bonchev–Trinajstić information content (AvgIpc) is 2.50. The van der Waals surface area contributed by atoms with Crippen LogP contribution >= 0.6 is 23.4 Å². The van der Waals surface area contributed by atoms with Gasteiger partial charge in [0.1, 0.15) is 16.7 Å². The van der Waals surface area contributed by atoms with E-state index in [-0.39, 0.29) is 16.5 Å². The lowest BCUT2D eigenvalue weighted by atomic mass is 10.1. The van der Waals surface area contributed by atoms with Gasteiger partial charge in [0, 0.05) is 23.9 Å². The topological polar surface area (TPSA) is 79.1 Å². The molecule has 1 aliphatic heterocycles. The van der Waals surface area contributed by atoms with E-state index < -0.39 is 5.60 Å². The molecule has 8 heteroatoms. The Balaban J connectivity index is 2.08. The molecule has 2 heterocycles. The van der Waals surface area contributed by atoms with E-state index in [4.69, 9.17) is 16.3 Å². The van der Waals surface area contributed by atoms with E-state index in [9.17, 15) is 10.1 Å². The lowest BCUT2D eigenvalue weighted by Crippen LogP contribution is -2.43. The van der Waals surface area contributed by atoms with Gasteiger partial charge in [0.25, 0.3) is 0 Å². The number of carbonyl (C=O) groups excluding carboxylic acids is 1. The lowest BCUT2D eigenvalue weighted by Gasteiger charge is -2.33. The third-order valence-electron chi connectivity index (χ3n) is 3.55. The fourth-order valence-corrected chi connectivity index (χ4v) is 3.77. The number of carbonyl (C=O) groups is 1. The van der Waals surface area contributed by atoms with Crippen LogP contribution in [0.2, 0.25) is 5.15 Å². The molecule has 0 N–H and O–H groups in total. The third kappa shape index (κ3) is 4.74. The molecule has 2 rings (SSSR count). The Morgan fingerprint density at radius 3 is 2.79 bits per heavy atom. The van der Waals surface area contributed by atoms with Crippen LogP contribution in [-0.2, 0) is 4.74 Å². The van der Waals surface area contributed by atoms with Gasteiger partial charge < -0.3 is 9.64 Å². The summed E-state index contributed by atoms with van der Waals surface area (Å²) in [6.45, 7) is 8.56. The van der Waals surface area contributed by atoms with Gasteiger partial charge in [0.15, 0.2) is 5.15 Å². The molecule has 0 aromatic carbocycles. The van der Waals surface area contributed by atoms with Crippen molar-refractivity contribution in [3.63, 3.8) is 0 Å². The summed E-state index contributed by atoms with van der Waals surface area (Å²) in [5.74, 6) is 0. The highest BCUT2D eigenvalue weighted by Crippen LogP contribution is 2.32. The first-order valence-corrected chi connectivity index (χ1v) is 9.04. The first-order chi connectivity index (χ1) is 11.2. The van der Waals surface area contributed by atoms with Crippen molar-refractivity contribution >= 4 is 29.5 Å². The van der Waals surface area contributed by atoms with Gasteiger partial charge in [-0.15, -0.1) is 10.2 Å². The highest BCUT2D eigenvalue weighted by atomic mass is 35.5. The quantitative estimate of drug-likeness (QED) is 0.789. The minimum absolute atomic E-state index is 0.147. The number of amides is 1. The van der Waals surface area contributed by atoms with Crippen molar-refractivity contribution in [1.29, 1.82) is 5.26 Å². The average molecular weight is 369 g/mol. The van der Waals surface area contributed by atoms with Gasteiger partial charge in [0.2, 0.25) is 0 Å². The third-order valence-corrected chi connectivity index (χ3v) is 5.13. The molecule has 130 valence electrons. The van der Waals surface area contributed by atoms with Crippen LogP contribution in [-0.4, -0.2) is 45.1 Å². The van der Waals surface area contributed by atoms with Gasteiger partial charge in [-0.3, -0.25) is 0 Å². The normalized spacial score (nSPS) is 18.2. The fourth-order valence-electron chi connectivity index (χ4n) is 2.38. The maximum Gasteiger partial charge on any atom is 0.410 e. The summed E-state index contributed by atoms with van der Waals surface area (Å²) in [5.41, 5.74) is 0.579. The van der Waals surface area contributed by atoms with Crippen LogP contribution in [0.1, 0.15) is 44.7 Å². The molecule has 1 saturated heterocycles. The molecule has 0 spiro atoms. The van der Waals surface area contributed by atoms with Crippen LogP contribution in [0.25, 0.3) is 0 Å². The van der Waals surface area contributed by atoms with Crippen molar-refractivity contribution in [3.05, 3.63) is 16.3 Å². The summed E-state index contributed by atoms with van der Waals surface area (Å²) >= 11 is 7.40. The minimum atomic E-state index is -0.510. The Morgan fingerprint density at radius 1 is 1.46 bits per heavy atom. The predicted molar refractivity (Wildman–Crippen MR) is 93.2 cm³/mol. The molecule has 1 atom stereocenters. The van der Waals surface area contributed by atoms with Gasteiger partial charge in [-0.1, -0.05) is 23.4 Å². The molecule has 1 fully saturated rings. The molecule has 0 radical (unpaired) electrons. The number of thioether (sulfide) groups is 1. The molecular weight excluding hydrogens is 348 g/mol. The second kappa shape index (κ2) is 7.58. The van der Waals surface area contributed by atoms with E-state index in [1.165, 1.54) is 11.8 Å². The summed E-state index contributed by atoms with van der Waals surface area (Å²) in [6, 6.07) is 2.15. The van der Waals surface area contributed by atoms with Gasteiger partial charge in [-0.2, -0.15) is 5.26 Å². The summed E-state index contributed by atoms with van der Waals surface area (Å²) in [4.78, 5) is 13.9. The molecule has 0 saturated carbocycles. The first kappa shape index (κ1) is 18.8. The first-order valence-electron chi connectivity index (χ1n) is 7.78. The number of hydrogen-bond acceptors (Lipinski definition) is 6. The molecular formula is C16H21ClN4O2S. The van der Waals surface area contributed by atoms with Gasteiger partial charge in [0.05, 0.1) is 5.56 Å².